The molecule has 0 radical (unpaired) electrons. The van der Waals surface area contributed by atoms with Crippen LogP contribution in [0.4, 0.5) is 0 Å². The van der Waals surface area contributed by atoms with Gasteiger partial charge < -0.3 is 40.3 Å². The molecule has 1 aliphatic rings. The van der Waals surface area contributed by atoms with E-state index >= 15 is 0 Å². The molecule has 0 spiro atoms. The van der Waals surface area contributed by atoms with Gasteiger partial charge in [0, 0.05) is 84.1 Å². The van der Waals surface area contributed by atoms with Gasteiger partial charge in [0.2, 0.25) is 0 Å². The summed E-state index contributed by atoms with van der Waals surface area (Å²) >= 11 is 0. The fraction of sp³-hybridized carbons (Fsp3) is 1.00. The summed E-state index contributed by atoms with van der Waals surface area (Å²) in [5, 5.41) is 0. The van der Waals surface area contributed by atoms with Gasteiger partial charge in [-0.3, -0.25) is 4.57 Å². The van der Waals surface area contributed by atoms with Crippen LogP contribution in [-0.4, -0.2) is 121 Å². The summed E-state index contributed by atoms with van der Waals surface area (Å²) in [7, 11) is -7.66. The highest BCUT2D eigenvalue weighted by molar-refractivity contribution is 6.65. The quantitative estimate of drug-likeness (QED) is 0.118. The largest absolute Gasteiger partial charge is 0.500 e. The third-order valence-corrected chi connectivity index (χ3v) is 17.1. The van der Waals surface area contributed by atoms with E-state index in [4.69, 9.17) is 35.4 Å². The van der Waals surface area contributed by atoms with Gasteiger partial charge in [-0.2, -0.15) is 0 Å². The lowest BCUT2D eigenvalue weighted by atomic mass is 10.3. The standard InChI is InChI=1S/C27H62N2O8Si3/c1-9-30-38(31-10-2)25-19-22-29(38)24-23-28(20-17-26-39(32-11-3,33-12-4)34-13-5)21-18-27-40(35-14-6,36-15-7)37-16-8/h9-27H2,1-8H3. The van der Waals surface area contributed by atoms with E-state index in [0.29, 0.717) is 52.9 Å². The summed E-state index contributed by atoms with van der Waals surface area (Å²) < 4.78 is 51.9. The molecule has 0 aromatic heterocycles. The number of nitrogens with zero attached hydrogens (tertiary/aromatic N) is 2. The summed E-state index contributed by atoms with van der Waals surface area (Å²) in [4.78, 5) is 2.56. The molecule has 13 heteroatoms. The predicted octanol–water partition coefficient (Wildman–Crippen LogP) is 4.88. The van der Waals surface area contributed by atoms with Crippen LogP contribution < -0.4 is 0 Å². The van der Waals surface area contributed by atoms with Crippen LogP contribution in [0.25, 0.3) is 0 Å². The topological polar surface area (TPSA) is 80.3 Å². The first kappa shape index (κ1) is 38.3. The molecule has 40 heavy (non-hydrogen) atoms. The van der Waals surface area contributed by atoms with Gasteiger partial charge in [-0.05, 0) is 94.3 Å². The maximum absolute atomic E-state index is 6.32. The first-order valence-electron chi connectivity index (χ1n) is 16.0. The minimum atomic E-state index is -2.67. The highest BCUT2D eigenvalue weighted by Crippen LogP contribution is 2.28. The summed E-state index contributed by atoms with van der Waals surface area (Å²) in [6.45, 7) is 26.1. The second-order valence-corrected chi connectivity index (χ2v) is 18.3. The number of hydrogen-bond acceptors (Lipinski definition) is 10. The highest BCUT2D eigenvalue weighted by atomic mass is 28.4. The Balaban J connectivity index is 2.96. The van der Waals surface area contributed by atoms with Crippen LogP contribution in [0.5, 0.6) is 0 Å². The summed E-state index contributed by atoms with van der Waals surface area (Å²) in [6.07, 6.45) is 3.05. The second-order valence-electron chi connectivity index (χ2n) is 9.68. The van der Waals surface area contributed by atoms with Crippen molar-refractivity contribution in [2.75, 3.05) is 85.6 Å². The average Bonchev–Trinajstić information content (AvgIpc) is 3.30. The molecule has 0 atom stereocenters. The lowest BCUT2D eigenvalue weighted by molar-refractivity contribution is 0.0691. The molecule has 1 heterocycles. The van der Waals surface area contributed by atoms with Crippen LogP contribution in [0.3, 0.4) is 0 Å². The average molecular weight is 627 g/mol. The summed E-state index contributed by atoms with van der Waals surface area (Å²) in [6, 6.07) is 2.68. The monoisotopic (exact) mass is 626 g/mol. The van der Waals surface area contributed by atoms with Crippen molar-refractivity contribution in [3.8, 4) is 0 Å². The fourth-order valence-electron chi connectivity index (χ4n) is 5.56. The van der Waals surface area contributed by atoms with Gasteiger partial charge in [0.05, 0.1) is 0 Å². The maximum Gasteiger partial charge on any atom is 0.500 e. The van der Waals surface area contributed by atoms with Crippen molar-refractivity contribution in [2.45, 2.75) is 92.8 Å². The molecule has 10 nitrogen and oxygen atoms in total. The fourth-order valence-corrected chi connectivity index (χ4v) is 14.2. The van der Waals surface area contributed by atoms with Crippen LogP contribution in [0.1, 0.15) is 74.7 Å². The lowest BCUT2D eigenvalue weighted by Crippen LogP contribution is -2.56. The van der Waals surface area contributed by atoms with Crippen LogP contribution >= 0.6 is 0 Å². The number of hydrogen-bond donors (Lipinski definition) is 0. The maximum atomic E-state index is 6.32. The Morgan fingerprint density at radius 2 is 0.975 bits per heavy atom. The Morgan fingerprint density at radius 3 is 1.32 bits per heavy atom. The first-order valence-corrected chi connectivity index (χ1v) is 21.8. The van der Waals surface area contributed by atoms with Gasteiger partial charge in [-0.25, -0.2) is 0 Å². The van der Waals surface area contributed by atoms with Gasteiger partial charge in [0.1, 0.15) is 0 Å². The van der Waals surface area contributed by atoms with E-state index in [2.05, 4.69) is 23.3 Å². The highest BCUT2D eigenvalue weighted by Gasteiger charge is 2.48. The van der Waals surface area contributed by atoms with Crippen molar-refractivity contribution < 1.29 is 35.4 Å². The van der Waals surface area contributed by atoms with Gasteiger partial charge >= 0.3 is 26.3 Å². The van der Waals surface area contributed by atoms with E-state index in [-0.39, 0.29) is 0 Å². The molecule has 240 valence electrons. The normalized spacial score (nSPS) is 16.4. The minimum absolute atomic E-state index is 0.603. The van der Waals surface area contributed by atoms with E-state index in [1.165, 1.54) is 0 Å². The molecule has 0 N–H and O–H groups in total. The van der Waals surface area contributed by atoms with Crippen LogP contribution in [0, 0.1) is 0 Å². The van der Waals surface area contributed by atoms with E-state index in [1.54, 1.807) is 0 Å². The van der Waals surface area contributed by atoms with Gasteiger partial charge in [-0.15, -0.1) is 0 Å². The molecule has 0 unspecified atom stereocenters. The molecular weight excluding hydrogens is 565 g/mol. The Labute approximate surface area is 249 Å². The van der Waals surface area contributed by atoms with Crippen LogP contribution in [0.2, 0.25) is 18.1 Å². The number of rotatable bonds is 27. The third-order valence-electron chi connectivity index (χ3n) is 6.93. The molecule has 1 aliphatic heterocycles. The van der Waals surface area contributed by atoms with Crippen molar-refractivity contribution >= 4 is 26.3 Å². The summed E-state index contributed by atoms with van der Waals surface area (Å²) in [5.74, 6) is 0. The molecule has 0 amide bonds. The predicted molar refractivity (Wildman–Crippen MR) is 167 cm³/mol. The van der Waals surface area contributed by atoms with E-state index in [1.807, 2.05) is 41.5 Å². The first-order chi connectivity index (χ1) is 19.4. The Morgan fingerprint density at radius 1 is 0.575 bits per heavy atom. The molecule has 0 bridgehead atoms. The Bertz CT molecular complexity index is 554. The van der Waals surface area contributed by atoms with Crippen molar-refractivity contribution in [2.24, 2.45) is 0 Å². The molecular formula is C27H62N2O8Si3. The van der Waals surface area contributed by atoms with Gasteiger partial charge in [0.15, 0.2) is 0 Å². The lowest BCUT2D eigenvalue weighted by Gasteiger charge is -2.36. The van der Waals surface area contributed by atoms with E-state index < -0.39 is 26.3 Å². The minimum Gasteiger partial charge on any atom is -0.383 e. The van der Waals surface area contributed by atoms with Gasteiger partial charge in [0.25, 0.3) is 0 Å². The Kier molecular flexibility index (Phi) is 20.9. The van der Waals surface area contributed by atoms with Crippen molar-refractivity contribution in [3.63, 3.8) is 0 Å². The van der Waals surface area contributed by atoms with Crippen molar-refractivity contribution in [3.05, 3.63) is 0 Å². The molecule has 0 aliphatic carbocycles. The molecule has 0 aromatic rings. The summed E-state index contributed by atoms with van der Waals surface area (Å²) in [5.41, 5.74) is 0. The van der Waals surface area contributed by atoms with Crippen LogP contribution in [0.15, 0.2) is 0 Å². The molecule has 0 aromatic carbocycles. The Hall–Kier alpha value is 0.251. The molecule has 0 saturated carbocycles. The van der Waals surface area contributed by atoms with Crippen molar-refractivity contribution in [1.82, 2.24) is 9.47 Å². The smallest absolute Gasteiger partial charge is 0.383 e. The molecule has 1 saturated heterocycles. The zero-order valence-electron chi connectivity index (χ0n) is 27.1. The van der Waals surface area contributed by atoms with E-state index in [9.17, 15) is 0 Å². The van der Waals surface area contributed by atoms with Crippen molar-refractivity contribution in [1.29, 1.82) is 0 Å². The SMILES string of the molecule is CCO[Si](CCCN(CCC[Si](OCC)(OCC)OCC)CCN1CCC[Si]1(OCC)OCC)(OCC)OCC. The zero-order chi connectivity index (χ0) is 29.7. The van der Waals surface area contributed by atoms with Gasteiger partial charge in [-0.1, -0.05) is 0 Å². The molecule has 1 fully saturated rings. The third kappa shape index (κ3) is 12.9. The second kappa shape index (κ2) is 21.9. The zero-order valence-corrected chi connectivity index (χ0v) is 30.1. The molecule has 1 rings (SSSR count). The van der Waals surface area contributed by atoms with Crippen LogP contribution in [-0.2, 0) is 35.4 Å². The van der Waals surface area contributed by atoms with E-state index in [0.717, 1.165) is 70.1 Å².